The fourth-order valence-corrected chi connectivity index (χ4v) is 5.69. The molecule has 0 aliphatic rings. The molecule has 1 aromatic carbocycles. The van der Waals surface area contributed by atoms with Gasteiger partial charge in [0.25, 0.3) is 6.43 Å². The number of halogens is 2. The summed E-state index contributed by atoms with van der Waals surface area (Å²) in [5.41, 5.74) is 0.233. The van der Waals surface area contributed by atoms with Crippen molar-refractivity contribution < 1.29 is 8.78 Å². The molecule has 0 aliphatic carbocycles. The molecule has 0 aliphatic heterocycles. The van der Waals surface area contributed by atoms with Gasteiger partial charge in [-0.25, -0.2) is 8.78 Å². The normalized spacial score (nSPS) is 13.0. The molecule has 0 heterocycles. The molecule has 0 saturated carbocycles. The van der Waals surface area contributed by atoms with Crippen LogP contribution in [0.3, 0.4) is 0 Å². The highest BCUT2D eigenvalue weighted by atomic mass is 31.1. The summed E-state index contributed by atoms with van der Waals surface area (Å²) in [7, 11) is -0.644. The van der Waals surface area contributed by atoms with Crippen molar-refractivity contribution in [2.75, 3.05) is 19.3 Å². The summed E-state index contributed by atoms with van der Waals surface area (Å²) in [6.07, 6.45) is 6.15. The molecule has 0 unspecified atom stereocenters. The van der Waals surface area contributed by atoms with E-state index < -0.39 is 14.5 Å². The highest BCUT2D eigenvalue weighted by molar-refractivity contribution is 7.63. The third kappa shape index (κ3) is 6.85. The van der Waals surface area contributed by atoms with E-state index in [1.807, 2.05) is 12.1 Å². The van der Waals surface area contributed by atoms with Crippen LogP contribution in [0.4, 0.5) is 8.78 Å². The first-order valence-electron chi connectivity index (χ1n) is 9.05. The van der Waals surface area contributed by atoms with E-state index in [0.29, 0.717) is 0 Å². The van der Waals surface area contributed by atoms with Crippen LogP contribution in [-0.4, -0.2) is 23.9 Å². The molecular formula is C19H32F2NP. The van der Waals surface area contributed by atoms with Gasteiger partial charge in [0, 0.05) is 5.56 Å². The van der Waals surface area contributed by atoms with E-state index in [9.17, 15) is 8.78 Å². The minimum atomic E-state index is -2.38. The number of hydrogen-bond donors (Lipinski definition) is 0. The lowest BCUT2D eigenvalue weighted by Crippen LogP contribution is -2.26. The minimum Gasteiger partial charge on any atom is -0.279 e. The monoisotopic (exact) mass is 343 g/mol. The van der Waals surface area contributed by atoms with Crippen LogP contribution in [0.5, 0.6) is 0 Å². The Kier molecular flexibility index (Phi) is 10.6. The second-order valence-electron chi connectivity index (χ2n) is 5.89. The second-order valence-corrected chi connectivity index (χ2v) is 8.18. The van der Waals surface area contributed by atoms with Gasteiger partial charge in [0.1, 0.15) is 0 Å². The van der Waals surface area contributed by atoms with Crippen LogP contribution in [0.25, 0.3) is 0 Å². The summed E-state index contributed by atoms with van der Waals surface area (Å²) in [6, 6.07) is 7.15. The van der Waals surface area contributed by atoms with Crippen molar-refractivity contribution in [3.63, 3.8) is 0 Å². The van der Waals surface area contributed by atoms with Gasteiger partial charge in [-0.3, -0.25) is 4.67 Å². The van der Waals surface area contributed by atoms with E-state index in [0.717, 1.165) is 31.0 Å². The van der Waals surface area contributed by atoms with E-state index in [1.165, 1.54) is 32.1 Å². The third-order valence-corrected chi connectivity index (χ3v) is 7.20. The predicted molar refractivity (Wildman–Crippen MR) is 99.1 cm³/mol. The summed E-state index contributed by atoms with van der Waals surface area (Å²) in [5.74, 6) is 0. The maximum Gasteiger partial charge on any atom is 0.264 e. The van der Waals surface area contributed by atoms with Gasteiger partial charge in [0.05, 0.1) is 0 Å². The summed E-state index contributed by atoms with van der Waals surface area (Å²) in [6.45, 7) is 8.34. The van der Waals surface area contributed by atoms with Crippen molar-refractivity contribution in [2.45, 2.75) is 65.7 Å². The molecule has 0 aromatic heterocycles. The lowest BCUT2D eigenvalue weighted by molar-refractivity contribution is 0.152. The molecule has 132 valence electrons. The largest absolute Gasteiger partial charge is 0.279 e. The number of hydrogen-bond acceptors (Lipinski definition) is 1. The van der Waals surface area contributed by atoms with E-state index in [4.69, 9.17) is 0 Å². The van der Waals surface area contributed by atoms with Crippen LogP contribution in [-0.2, 0) is 0 Å². The Bertz CT molecular complexity index is 422. The molecular weight excluding hydrogens is 311 g/mol. The molecule has 1 atom stereocenters. The average molecular weight is 343 g/mol. The van der Waals surface area contributed by atoms with Gasteiger partial charge in [0.15, 0.2) is 0 Å². The summed E-state index contributed by atoms with van der Waals surface area (Å²) in [4.78, 5) is 0. The van der Waals surface area contributed by atoms with E-state index in [1.54, 1.807) is 12.1 Å². The van der Waals surface area contributed by atoms with Crippen LogP contribution in [0.2, 0.25) is 0 Å². The Hall–Kier alpha value is -0.530. The topological polar surface area (TPSA) is 3.24 Å². The summed E-state index contributed by atoms with van der Waals surface area (Å²) in [5, 5.41) is 0.884. The predicted octanol–water partition coefficient (Wildman–Crippen LogP) is 6.35. The Morgan fingerprint density at radius 2 is 1.52 bits per heavy atom. The molecule has 1 nitrogen and oxygen atoms in total. The first-order chi connectivity index (χ1) is 11.2. The van der Waals surface area contributed by atoms with E-state index >= 15 is 0 Å². The first-order valence-corrected chi connectivity index (χ1v) is 10.5. The molecule has 1 rings (SSSR count). The highest BCUT2D eigenvalue weighted by Crippen LogP contribution is 2.42. The van der Waals surface area contributed by atoms with Gasteiger partial charge >= 0.3 is 0 Å². The Morgan fingerprint density at radius 1 is 0.913 bits per heavy atom. The number of benzene rings is 1. The van der Waals surface area contributed by atoms with Crippen molar-refractivity contribution in [2.24, 2.45) is 0 Å². The van der Waals surface area contributed by atoms with Gasteiger partial charge in [-0.1, -0.05) is 77.1 Å². The van der Waals surface area contributed by atoms with Crippen LogP contribution in [0, 0.1) is 0 Å². The maximum atomic E-state index is 13.4. The molecule has 1 aromatic rings. The minimum absolute atomic E-state index is 0.233. The standard InChI is InChI=1S/C19H32F2NP/c1-4-7-8-9-10-13-16-23(22(5-2)6-3)18-15-12-11-14-17(18)19(20)21/h11-12,14-15,19H,4-10,13,16H2,1-3H3/t23-/m1/s1. The van der Waals surface area contributed by atoms with Crippen LogP contribution >= 0.6 is 8.07 Å². The van der Waals surface area contributed by atoms with Gasteiger partial charge in [-0.05, 0) is 39.0 Å². The third-order valence-electron chi connectivity index (χ3n) is 4.24. The first kappa shape index (κ1) is 20.5. The summed E-state index contributed by atoms with van der Waals surface area (Å²) >= 11 is 0. The molecule has 0 bridgehead atoms. The highest BCUT2D eigenvalue weighted by Gasteiger charge is 2.23. The molecule has 0 radical (unpaired) electrons. The smallest absolute Gasteiger partial charge is 0.264 e. The van der Waals surface area contributed by atoms with Crippen LogP contribution < -0.4 is 5.30 Å². The van der Waals surface area contributed by atoms with E-state index in [2.05, 4.69) is 25.4 Å². The van der Waals surface area contributed by atoms with Gasteiger partial charge < -0.3 is 0 Å². The number of rotatable bonds is 12. The zero-order valence-electron chi connectivity index (χ0n) is 14.9. The van der Waals surface area contributed by atoms with Crippen molar-refractivity contribution in [3.8, 4) is 0 Å². The van der Waals surface area contributed by atoms with Gasteiger partial charge in [0.2, 0.25) is 0 Å². The molecule has 23 heavy (non-hydrogen) atoms. The van der Waals surface area contributed by atoms with Gasteiger partial charge in [-0.15, -0.1) is 0 Å². The molecule has 4 heteroatoms. The molecule has 0 N–H and O–H groups in total. The van der Waals surface area contributed by atoms with Crippen LogP contribution in [0.15, 0.2) is 24.3 Å². The lowest BCUT2D eigenvalue weighted by Gasteiger charge is -2.31. The number of unbranched alkanes of at least 4 members (excludes halogenated alkanes) is 5. The zero-order chi connectivity index (χ0) is 17.1. The lowest BCUT2D eigenvalue weighted by atomic mass is 10.1. The molecule has 0 saturated heterocycles. The zero-order valence-corrected chi connectivity index (χ0v) is 15.8. The summed E-state index contributed by atoms with van der Waals surface area (Å²) < 4.78 is 29.1. The second kappa shape index (κ2) is 11.9. The quantitative estimate of drug-likeness (QED) is 0.316. The number of nitrogens with zero attached hydrogens (tertiary/aromatic N) is 1. The van der Waals surface area contributed by atoms with Crippen molar-refractivity contribution in [1.29, 1.82) is 0 Å². The average Bonchev–Trinajstić information content (AvgIpc) is 2.57. The molecule has 0 spiro atoms. The number of alkyl halides is 2. The van der Waals surface area contributed by atoms with Crippen molar-refractivity contribution in [3.05, 3.63) is 29.8 Å². The van der Waals surface area contributed by atoms with Crippen molar-refractivity contribution in [1.82, 2.24) is 4.67 Å². The maximum absolute atomic E-state index is 13.4. The van der Waals surface area contributed by atoms with Crippen molar-refractivity contribution >= 4 is 13.4 Å². The molecule has 0 amide bonds. The Balaban J connectivity index is 2.77. The molecule has 0 fully saturated rings. The van der Waals surface area contributed by atoms with E-state index in [-0.39, 0.29) is 5.56 Å². The Labute approximate surface area is 142 Å². The SMILES string of the molecule is CCCCCCCC[P@](c1ccccc1C(F)F)N(CC)CC. The van der Waals surface area contributed by atoms with Gasteiger partial charge in [-0.2, -0.15) is 0 Å². The van der Waals surface area contributed by atoms with Crippen LogP contribution in [0.1, 0.15) is 71.3 Å². The Morgan fingerprint density at radius 3 is 2.13 bits per heavy atom. The fourth-order valence-electron chi connectivity index (χ4n) is 2.93. The fraction of sp³-hybridized carbons (Fsp3) is 0.684.